The van der Waals surface area contributed by atoms with Gasteiger partial charge in [0.1, 0.15) is 16.8 Å². The molecule has 148 valence electrons. The molecule has 0 amide bonds. The Balaban J connectivity index is 1.79. The minimum Gasteiger partial charge on any atom is -0.376 e. The van der Waals surface area contributed by atoms with Crippen molar-refractivity contribution in [3.63, 3.8) is 0 Å². The molecule has 3 aromatic carbocycles. The number of aryl methyl sites for hydroxylation is 1. The molecular weight excluding hydrogens is 412 g/mol. The van der Waals surface area contributed by atoms with Crippen LogP contribution < -0.4 is 0 Å². The number of halogens is 1. The minimum absolute atomic E-state index is 0.684. The highest BCUT2D eigenvalue weighted by atomic mass is 35.5. The van der Waals surface area contributed by atoms with Crippen LogP contribution in [0.1, 0.15) is 17.2 Å². The van der Waals surface area contributed by atoms with Crippen LogP contribution in [0.5, 0.6) is 0 Å². The van der Waals surface area contributed by atoms with Gasteiger partial charge in [-0.25, -0.2) is 0 Å². The van der Waals surface area contributed by atoms with E-state index < -0.39 is 6.10 Å². The zero-order valence-corrected chi connectivity index (χ0v) is 17.9. The number of aromatic nitrogens is 2. The molecule has 1 heterocycles. The summed E-state index contributed by atoms with van der Waals surface area (Å²) in [5.41, 5.74) is 3.22. The molecule has 0 aliphatic heterocycles. The van der Waals surface area contributed by atoms with Gasteiger partial charge in [0.2, 0.25) is 0 Å². The second-order valence-electron chi connectivity index (χ2n) is 6.65. The topological polar surface area (TPSA) is 38.0 Å². The summed E-state index contributed by atoms with van der Waals surface area (Å²) in [6.07, 6.45) is -0.982. The first-order valence-corrected chi connectivity index (χ1v) is 10.6. The third-order valence-electron chi connectivity index (χ3n) is 4.51. The highest BCUT2D eigenvalue weighted by Gasteiger charge is 2.23. The van der Waals surface area contributed by atoms with Crippen molar-refractivity contribution in [2.75, 3.05) is 0 Å². The molecule has 4 rings (SSSR count). The quantitative estimate of drug-likeness (QED) is 0.405. The first kappa shape index (κ1) is 20.3. The average Bonchev–Trinajstić information content (AvgIpc) is 3.11. The van der Waals surface area contributed by atoms with E-state index in [1.54, 1.807) is 4.68 Å². The van der Waals surface area contributed by atoms with Crippen molar-refractivity contribution in [2.24, 2.45) is 7.05 Å². The van der Waals surface area contributed by atoms with Gasteiger partial charge in [-0.1, -0.05) is 83.7 Å². The van der Waals surface area contributed by atoms with Gasteiger partial charge in [-0.05, 0) is 36.4 Å². The van der Waals surface area contributed by atoms with Gasteiger partial charge in [0.15, 0.2) is 0 Å². The fourth-order valence-electron chi connectivity index (χ4n) is 3.06. The Morgan fingerprint density at radius 2 is 1.57 bits per heavy atom. The second kappa shape index (κ2) is 9.23. The summed E-state index contributed by atoms with van der Waals surface area (Å²) in [6.45, 7) is 0. The molecular formula is C25H19ClN2OS. The summed E-state index contributed by atoms with van der Waals surface area (Å²) in [6, 6.07) is 27.1. The number of hydrogen-bond donors (Lipinski definition) is 1. The maximum Gasteiger partial charge on any atom is 0.145 e. The summed E-state index contributed by atoms with van der Waals surface area (Å²) in [5, 5.41) is 17.3. The smallest absolute Gasteiger partial charge is 0.145 e. The summed E-state index contributed by atoms with van der Waals surface area (Å²) < 4.78 is 1.80. The number of benzene rings is 3. The van der Waals surface area contributed by atoms with Gasteiger partial charge in [-0.3, -0.25) is 4.68 Å². The lowest BCUT2D eigenvalue weighted by molar-refractivity contribution is 0.235. The maximum atomic E-state index is 11.1. The molecule has 3 nitrogen and oxygen atoms in total. The fraction of sp³-hybridized carbons (Fsp3) is 0.0800. The molecule has 0 saturated carbocycles. The van der Waals surface area contributed by atoms with Crippen LogP contribution in [0.3, 0.4) is 0 Å². The molecule has 0 saturated heterocycles. The van der Waals surface area contributed by atoms with E-state index in [-0.39, 0.29) is 0 Å². The standard InChI is InChI=1S/C25H19ClN2OS/c1-28-25(30-21-15-13-20(26)14-16-21)23(24(27-28)19-10-6-3-7-11-19)22(29)17-12-18-8-4-2-5-9-18/h2-11,13-16,22,29H,1H3/t22-/m1/s1. The lowest BCUT2D eigenvalue weighted by Gasteiger charge is -2.09. The highest BCUT2D eigenvalue weighted by Crippen LogP contribution is 2.39. The molecule has 1 N–H and O–H groups in total. The largest absolute Gasteiger partial charge is 0.376 e. The van der Waals surface area contributed by atoms with E-state index in [9.17, 15) is 5.11 Å². The third kappa shape index (κ3) is 4.60. The average molecular weight is 431 g/mol. The molecule has 0 aliphatic carbocycles. The number of aliphatic hydroxyl groups is 1. The Morgan fingerprint density at radius 1 is 0.933 bits per heavy atom. The van der Waals surface area contributed by atoms with Gasteiger partial charge >= 0.3 is 0 Å². The number of hydrogen-bond acceptors (Lipinski definition) is 3. The van der Waals surface area contributed by atoms with Crippen molar-refractivity contribution < 1.29 is 5.11 Å². The molecule has 0 aliphatic rings. The molecule has 0 fully saturated rings. The summed E-state index contributed by atoms with van der Waals surface area (Å²) >= 11 is 7.56. The Hall–Kier alpha value is -2.97. The van der Waals surface area contributed by atoms with Crippen LogP contribution >= 0.6 is 23.4 Å². The minimum atomic E-state index is -0.982. The van der Waals surface area contributed by atoms with Crippen LogP contribution in [-0.2, 0) is 7.05 Å². The van der Waals surface area contributed by atoms with Gasteiger partial charge in [-0.15, -0.1) is 0 Å². The molecule has 5 heteroatoms. The van der Waals surface area contributed by atoms with E-state index in [0.717, 1.165) is 26.7 Å². The highest BCUT2D eigenvalue weighted by molar-refractivity contribution is 7.99. The second-order valence-corrected chi connectivity index (χ2v) is 8.15. The zero-order valence-electron chi connectivity index (χ0n) is 16.3. The molecule has 1 aromatic heterocycles. The third-order valence-corrected chi connectivity index (χ3v) is 5.94. The van der Waals surface area contributed by atoms with Gasteiger partial charge in [-0.2, -0.15) is 5.10 Å². The molecule has 1 atom stereocenters. The van der Waals surface area contributed by atoms with Crippen molar-refractivity contribution in [1.82, 2.24) is 9.78 Å². The van der Waals surface area contributed by atoms with E-state index >= 15 is 0 Å². The fourth-order valence-corrected chi connectivity index (χ4v) is 4.17. The van der Waals surface area contributed by atoms with Gasteiger partial charge < -0.3 is 5.11 Å². The van der Waals surface area contributed by atoms with Gasteiger partial charge in [0, 0.05) is 28.1 Å². The van der Waals surface area contributed by atoms with E-state index in [2.05, 4.69) is 11.8 Å². The number of nitrogens with zero attached hydrogens (tertiary/aromatic N) is 2. The van der Waals surface area contributed by atoms with Crippen LogP contribution in [0.25, 0.3) is 11.3 Å². The van der Waals surface area contributed by atoms with Crippen molar-refractivity contribution in [3.05, 3.63) is 101 Å². The van der Waals surface area contributed by atoms with E-state index in [4.69, 9.17) is 16.7 Å². The Bertz CT molecular complexity index is 1190. The predicted octanol–water partition coefficient (Wildman–Crippen LogP) is 5.98. The maximum absolute atomic E-state index is 11.1. The molecule has 0 radical (unpaired) electrons. The first-order valence-electron chi connectivity index (χ1n) is 9.42. The Morgan fingerprint density at radius 3 is 2.23 bits per heavy atom. The van der Waals surface area contributed by atoms with Crippen LogP contribution in [0, 0.1) is 11.8 Å². The number of aliphatic hydroxyl groups excluding tert-OH is 1. The van der Waals surface area contributed by atoms with Crippen LogP contribution in [0.2, 0.25) is 5.02 Å². The number of rotatable bonds is 4. The Kier molecular flexibility index (Phi) is 6.25. The molecule has 0 unspecified atom stereocenters. The summed E-state index contributed by atoms with van der Waals surface area (Å²) in [4.78, 5) is 1.01. The Labute approximate surface area is 185 Å². The SMILES string of the molecule is Cn1nc(-c2ccccc2)c([C@H](O)C#Cc2ccccc2)c1Sc1ccc(Cl)cc1. The molecule has 4 aromatic rings. The van der Waals surface area contributed by atoms with Crippen molar-refractivity contribution >= 4 is 23.4 Å². The van der Waals surface area contributed by atoms with Crippen LogP contribution in [-0.4, -0.2) is 14.9 Å². The van der Waals surface area contributed by atoms with Crippen LogP contribution in [0.4, 0.5) is 0 Å². The van der Waals surface area contributed by atoms with Gasteiger partial charge in [0.05, 0.1) is 5.56 Å². The molecule has 0 spiro atoms. The van der Waals surface area contributed by atoms with E-state index in [1.807, 2.05) is 92.0 Å². The lowest BCUT2D eigenvalue weighted by atomic mass is 10.0. The van der Waals surface area contributed by atoms with Crippen molar-refractivity contribution in [3.8, 4) is 23.1 Å². The van der Waals surface area contributed by atoms with E-state index in [1.165, 1.54) is 11.8 Å². The summed E-state index contributed by atoms with van der Waals surface area (Å²) in [5.74, 6) is 6.06. The monoisotopic (exact) mass is 430 g/mol. The predicted molar refractivity (Wildman–Crippen MR) is 122 cm³/mol. The van der Waals surface area contributed by atoms with Crippen molar-refractivity contribution in [1.29, 1.82) is 0 Å². The summed E-state index contributed by atoms with van der Waals surface area (Å²) in [7, 11) is 1.88. The normalized spacial score (nSPS) is 11.6. The zero-order chi connectivity index (χ0) is 20.9. The van der Waals surface area contributed by atoms with Crippen molar-refractivity contribution in [2.45, 2.75) is 16.0 Å². The molecule has 30 heavy (non-hydrogen) atoms. The van der Waals surface area contributed by atoms with Crippen LogP contribution in [0.15, 0.2) is 94.9 Å². The molecule has 0 bridgehead atoms. The van der Waals surface area contributed by atoms with Gasteiger partial charge in [0.25, 0.3) is 0 Å². The first-order chi connectivity index (χ1) is 14.6. The van der Waals surface area contributed by atoms with E-state index in [0.29, 0.717) is 10.6 Å². The lowest BCUT2D eigenvalue weighted by Crippen LogP contribution is -1.99.